The average Bonchev–Trinajstić information content (AvgIpc) is 3.11. The van der Waals surface area contributed by atoms with Gasteiger partial charge in [-0.05, 0) is 51.7 Å². The van der Waals surface area contributed by atoms with E-state index in [1.54, 1.807) is 4.57 Å². The quantitative estimate of drug-likeness (QED) is 0.492. The van der Waals surface area contributed by atoms with E-state index in [0.717, 1.165) is 12.1 Å². The molecule has 1 fully saturated rings. The second kappa shape index (κ2) is 8.64. The highest BCUT2D eigenvalue weighted by molar-refractivity contribution is 5.78. The molecule has 0 radical (unpaired) electrons. The van der Waals surface area contributed by atoms with Crippen molar-refractivity contribution in [2.45, 2.75) is 51.6 Å². The minimum atomic E-state index is -1.34. The average molecular weight is 447 g/mol. The number of carbonyl (C=O) groups excluding carboxylic acids is 1. The lowest BCUT2D eigenvalue weighted by Gasteiger charge is -2.29. The Bertz CT molecular complexity index is 1160. The molecule has 2 aromatic heterocycles. The van der Waals surface area contributed by atoms with E-state index in [4.69, 9.17) is 5.73 Å². The number of aromatic nitrogens is 4. The molecule has 0 spiro atoms. The standard InChI is InChI=1S/C21H24F3N7O/c1-10(2)27-20-26-9-15-19(30-20)31(12-5-3-11(4-6-12)18(25)32)21(28-15)29-17-14(23)8-7-13(22)16(17)24/h7-12H,3-6H2,1-2H3,(H2,25,32)(H,28,29)(H,26,27,30)/t11-,12-. The first-order chi connectivity index (χ1) is 15.2. The Hall–Kier alpha value is -3.37. The van der Waals surface area contributed by atoms with Crippen molar-refractivity contribution < 1.29 is 18.0 Å². The minimum absolute atomic E-state index is 0.0860. The summed E-state index contributed by atoms with van der Waals surface area (Å²) in [6.07, 6.45) is 3.85. The van der Waals surface area contributed by atoms with E-state index in [-0.39, 0.29) is 29.9 Å². The molecule has 1 saturated carbocycles. The topological polar surface area (TPSA) is 111 Å². The van der Waals surface area contributed by atoms with Gasteiger partial charge in [-0.15, -0.1) is 0 Å². The summed E-state index contributed by atoms with van der Waals surface area (Å²) in [4.78, 5) is 24.8. The van der Waals surface area contributed by atoms with Crippen LogP contribution in [0.5, 0.6) is 0 Å². The molecule has 170 valence electrons. The number of benzene rings is 1. The van der Waals surface area contributed by atoms with Crippen LogP contribution in [0.1, 0.15) is 45.6 Å². The summed E-state index contributed by atoms with van der Waals surface area (Å²) in [5.41, 5.74) is 5.69. The molecule has 1 amide bonds. The fourth-order valence-corrected chi connectivity index (χ4v) is 4.02. The number of primary amides is 1. The SMILES string of the molecule is CC(C)Nc1ncc2nc(Nc3c(F)ccc(F)c3F)n([C@H]3CC[C@H](C(N)=O)CC3)c2n1. The Labute approximate surface area is 182 Å². The second-order valence-corrected chi connectivity index (χ2v) is 8.26. The van der Waals surface area contributed by atoms with E-state index in [9.17, 15) is 18.0 Å². The van der Waals surface area contributed by atoms with Gasteiger partial charge in [-0.3, -0.25) is 9.36 Å². The van der Waals surface area contributed by atoms with E-state index in [2.05, 4.69) is 25.6 Å². The molecular weight excluding hydrogens is 423 g/mol. The Balaban J connectivity index is 1.79. The number of nitrogens with one attached hydrogen (secondary N) is 2. The van der Waals surface area contributed by atoms with E-state index in [1.807, 2.05) is 13.8 Å². The number of nitrogens with two attached hydrogens (primary N) is 1. The first-order valence-corrected chi connectivity index (χ1v) is 10.5. The summed E-state index contributed by atoms with van der Waals surface area (Å²) < 4.78 is 44.1. The summed E-state index contributed by atoms with van der Waals surface area (Å²) in [7, 11) is 0. The number of fused-ring (bicyclic) bond motifs is 1. The van der Waals surface area contributed by atoms with Crippen LogP contribution in [-0.2, 0) is 4.79 Å². The van der Waals surface area contributed by atoms with Crippen molar-refractivity contribution in [1.29, 1.82) is 0 Å². The number of hydrogen-bond acceptors (Lipinski definition) is 6. The molecule has 1 aliphatic rings. The first-order valence-electron chi connectivity index (χ1n) is 10.5. The number of amides is 1. The molecule has 0 saturated heterocycles. The van der Waals surface area contributed by atoms with Crippen LogP contribution >= 0.6 is 0 Å². The van der Waals surface area contributed by atoms with Crippen LogP contribution in [-0.4, -0.2) is 31.5 Å². The highest BCUT2D eigenvalue weighted by atomic mass is 19.2. The van der Waals surface area contributed by atoms with Crippen molar-refractivity contribution in [3.05, 3.63) is 35.8 Å². The fourth-order valence-electron chi connectivity index (χ4n) is 4.02. The number of hydrogen-bond donors (Lipinski definition) is 3. The van der Waals surface area contributed by atoms with Crippen LogP contribution in [0.3, 0.4) is 0 Å². The van der Waals surface area contributed by atoms with Crippen LogP contribution < -0.4 is 16.4 Å². The van der Waals surface area contributed by atoms with Crippen LogP contribution in [0, 0.1) is 23.4 Å². The van der Waals surface area contributed by atoms with Gasteiger partial charge in [0.05, 0.1) is 6.20 Å². The third kappa shape index (κ3) is 4.19. The summed E-state index contributed by atoms with van der Waals surface area (Å²) in [5.74, 6) is -3.53. The zero-order valence-electron chi connectivity index (χ0n) is 17.7. The maximum Gasteiger partial charge on any atom is 0.224 e. The molecule has 4 N–H and O–H groups in total. The van der Waals surface area contributed by atoms with Crippen molar-refractivity contribution >= 4 is 34.7 Å². The third-order valence-electron chi connectivity index (χ3n) is 5.60. The monoisotopic (exact) mass is 447 g/mol. The molecule has 4 rings (SSSR count). The molecule has 1 aliphatic carbocycles. The minimum Gasteiger partial charge on any atom is -0.369 e. The van der Waals surface area contributed by atoms with Gasteiger partial charge in [0.15, 0.2) is 17.3 Å². The Morgan fingerprint density at radius 2 is 1.81 bits per heavy atom. The second-order valence-electron chi connectivity index (χ2n) is 8.26. The number of anilines is 3. The lowest BCUT2D eigenvalue weighted by Crippen LogP contribution is -2.29. The van der Waals surface area contributed by atoms with Crippen molar-refractivity contribution in [3.63, 3.8) is 0 Å². The molecule has 0 atom stereocenters. The Morgan fingerprint density at radius 3 is 2.47 bits per heavy atom. The van der Waals surface area contributed by atoms with Crippen molar-refractivity contribution in [2.75, 3.05) is 10.6 Å². The molecule has 2 heterocycles. The third-order valence-corrected chi connectivity index (χ3v) is 5.60. The predicted octanol–water partition coefficient (Wildman–Crippen LogP) is 4.02. The number of halogens is 3. The molecule has 0 aliphatic heterocycles. The molecule has 8 nitrogen and oxygen atoms in total. The van der Waals surface area contributed by atoms with Crippen molar-refractivity contribution in [3.8, 4) is 0 Å². The maximum absolute atomic E-state index is 14.3. The largest absolute Gasteiger partial charge is 0.369 e. The zero-order valence-corrected chi connectivity index (χ0v) is 17.7. The Morgan fingerprint density at radius 1 is 1.12 bits per heavy atom. The van der Waals surface area contributed by atoms with E-state index in [1.165, 1.54) is 6.20 Å². The highest BCUT2D eigenvalue weighted by Crippen LogP contribution is 2.37. The van der Waals surface area contributed by atoms with Crippen LogP contribution in [0.2, 0.25) is 0 Å². The lowest BCUT2D eigenvalue weighted by atomic mass is 9.85. The summed E-state index contributed by atoms with van der Waals surface area (Å²) in [5, 5.41) is 5.73. The zero-order chi connectivity index (χ0) is 23.0. The predicted molar refractivity (Wildman–Crippen MR) is 114 cm³/mol. The fraction of sp³-hybridized carbons (Fsp3) is 0.429. The number of nitrogens with zero attached hydrogens (tertiary/aromatic N) is 4. The number of imidazole rings is 1. The first kappa shape index (κ1) is 21.8. The molecule has 0 unspecified atom stereocenters. The molecule has 3 aromatic rings. The summed E-state index contributed by atoms with van der Waals surface area (Å²) in [6, 6.07) is 1.50. The maximum atomic E-state index is 14.3. The van der Waals surface area contributed by atoms with Gasteiger partial charge in [0.2, 0.25) is 17.8 Å². The van der Waals surface area contributed by atoms with Gasteiger partial charge in [0.25, 0.3) is 0 Å². The smallest absolute Gasteiger partial charge is 0.224 e. The lowest BCUT2D eigenvalue weighted by molar-refractivity contribution is -0.122. The number of carbonyl (C=O) groups is 1. The van der Waals surface area contributed by atoms with Crippen molar-refractivity contribution in [2.24, 2.45) is 11.7 Å². The van der Waals surface area contributed by atoms with E-state index >= 15 is 0 Å². The van der Waals surface area contributed by atoms with Gasteiger partial charge in [-0.1, -0.05) is 0 Å². The Kier molecular flexibility index (Phi) is 5.90. The van der Waals surface area contributed by atoms with Gasteiger partial charge in [-0.25, -0.2) is 23.1 Å². The van der Waals surface area contributed by atoms with Gasteiger partial charge in [0.1, 0.15) is 17.0 Å². The molecule has 11 heteroatoms. The summed E-state index contributed by atoms with van der Waals surface area (Å²) >= 11 is 0. The molecule has 32 heavy (non-hydrogen) atoms. The number of rotatable bonds is 6. The van der Waals surface area contributed by atoms with Crippen LogP contribution in [0.15, 0.2) is 18.3 Å². The van der Waals surface area contributed by atoms with Gasteiger partial charge >= 0.3 is 0 Å². The van der Waals surface area contributed by atoms with Gasteiger partial charge in [0, 0.05) is 18.0 Å². The molecular formula is C21H24F3N7O. The summed E-state index contributed by atoms with van der Waals surface area (Å²) in [6.45, 7) is 3.89. The highest BCUT2D eigenvalue weighted by Gasteiger charge is 2.29. The van der Waals surface area contributed by atoms with E-state index < -0.39 is 23.1 Å². The van der Waals surface area contributed by atoms with Crippen LogP contribution in [0.4, 0.5) is 30.8 Å². The van der Waals surface area contributed by atoms with Crippen LogP contribution in [0.25, 0.3) is 11.2 Å². The molecule has 0 bridgehead atoms. The van der Waals surface area contributed by atoms with Gasteiger partial charge < -0.3 is 16.4 Å². The molecule has 1 aromatic carbocycles. The van der Waals surface area contributed by atoms with E-state index in [0.29, 0.717) is 42.8 Å². The van der Waals surface area contributed by atoms with Crippen molar-refractivity contribution in [1.82, 2.24) is 19.5 Å². The van der Waals surface area contributed by atoms with Gasteiger partial charge in [-0.2, -0.15) is 4.98 Å². The normalized spacial score (nSPS) is 18.8.